The Morgan fingerprint density at radius 1 is 1.22 bits per heavy atom. The van der Waals surface area contributed by atoms with Crippen LogP contribution >= 0.6 is 12.4 Å². The maximum absolute atomic E-state index is 12.4. The van der Waals surface area contributed by atoms with Crippen molar-refractivity contribution in [2.75, 3.05) is 33.9 Å². The number of halogens is 1. The minimum Gasteiger partial charge on any atom is -0.497 e. The standard InChI is InChI=1S/C15H24N2O4S.ClH/c1-20-13-8-14(21-2)10-15(9-13)22(18,19)17-7-5-12-4-3-6-16-11-12;/h8-10,12,16-17H,3-7,11H2,1-2H3;1H. The molecular weight excluding hydrogens is 340 g/mol. The van der Waals surface area contributed by atoms with Crippen LogP contribution in [-0.4, -0.2) is 42.3 Å². The summed E-state index contributed by atoms with van der Waals surface area (Å²) in [5, 5.41) is 3.33. The summed E-state index contributed by atoms with van der Waals surface area (Å²) in [6, 6.07) is 4.63. The van der Waals surface area contributed by atoms with E-state index in [4.69, 9.17) is 9.47 Å². The number of piperidine rings is 1. The number of methoxy groups -OCH3 is 2. The van der Waals surface area contributed by atoms with E-state index in [1.807, 2.05) is 0 Å². The van der Waals surface area contributed by atoms with Crippen molar-refractivity contribution in [3.8, 4) is 11.5 Å². The van der Waals surface area contributed by atoms with Crippen LogP contribution in [0.1, 0.15) is 19.3 Å². The third-order valence-corrected chi connectivity index (χ3v) is 5.32. The average Bonchev–Trinajstić information content (AvgIpc) is 2.55. The first kappa shape index (κ1) is 20.0. The van der Waals surface area contributed by atoms with E-state index >= 15 is 0 Å². The van der Waals surface area contributed by atoms with E-state index in [1.165, 1.54) is 26.4 Å². The molecule has 1 aliphatic heterocycles. The molecule has 0 spiro atoms. The molecule has 2 N–H and O–H groups in total. The predicted octanol–water partition coefficient (Wildman–Crippen LogP) is 1.79. The third-order valence-electron chi connectivity index (χ3n) is 3.88. The van der Waals surface area contributed by atoms with Crippen LogP contribution in [0.15, 0.2) is 23.1 Å². The normalized spacial score (nSPS) is 18.1. The van der Waals surface area contributed by atoms with Crippen LogP contribution in [0.5, 0.6) is 11.5 Å². The van der Waals surface area contributed by atoms with Gasteiger partial charge in [-0.05, 0) is 38.3 Å². The molecule has 6 nitrogen and oxygen atoms in total. The molecule has 23 heavy (non-hydrogen) atoms. The highest BCUT2D eigenvalue weighted by molar-refractivity contribution is 7.89. The van der Waals surface area contributed by atoms with Crippen LogP contribution in [0.3, 0.4) is 0 Å². The number of nitrogens with one attached hydrogen (secondary N) is 2. The van der Waals surface area contributed by atoms with E-state index in [-0.39, 0.29) is 17.3 Å². The Hall–Kier alpha value is -1.02. The van der Waals surface area contributed by atoms with Gasteiger partial charge in [-0.3, -0.25) is 0 Å². The van der Waals surface area contributed by atoms with Crippen molar-refractivity contribution in [2.24, 2.45) is 5.92 Å². The second-order valence-electron chi connectivity index (χ2n) is 5.45. The zero-order valence-corrected chi connectivity index (χ0v) is 15.1. The van der Waals surface area contributed by atoms with Crippen molar-refractivity contribution in [3.63, 3.8) is 0 Å². The fourth-order valence-corrected chi connectivity index (χ4v) is 3.68. The first-order valence-corrected chi connectivity index (χ1v) is 8.97. The predicted molar refractivity (Wildman–Crippen MR) is 92.2 cm³/mol. The van der Waals surface area contributed by atoms with Crippen LogP contribution in [0.25, 0.3) is 0 Å². The van der Waals surface area contributed by atoms with Crippen molar-refractivity contribution in [3.05, 3.63) is 18.2 Å². The molecule has 0 bridgehead atoms. The molecule has 0 amide bonds. The molecule has 8 heteroatoms. The second-order valence-corrected chi connectivity index (χ2v) is 7.21. The highest BCUT2D eigenvalue weighted by Gasteiger charge is 2.18. The second kappa shape index (κ2) is 9.32. The van der Waals surface area contributed by atoms with Gasteiger partial charge < -0.3 is 14.8 Å². The van der Waals surface area contributed by atoms with Crippen LogP contribution in [0.4, 0.5) is 0 Å². The van der Waals surface area contributed by atoms with Gasteiger partial charge in [-0.25, -0.2) is 13.1 Å². The Morgan fingerprint density at radius 3 is 2.39 bits per heavy atom. The minimum absolute atomic E-state index is 0. The first-order valence-electron chi connectivity index (χ1n) is 7.48. The third kappa shape index (κ3) is 5.84. The summed E-state index contributed by atoms with van der Waals surface area (Å²) in [7, 11) is -0.567. The molecular formula is C15H25ClN2O4S. The number of sulfonamides is 1. The molecule has 1 aliphatic rings. The number of hydrogen-bond donors (Lipinski definition) is 2. The smallest absolute Gasteiger partial charge is 0.240 e. The van der Waals surface area contributed by atoms with E-state index in [0.717, 1.165) is 32.4 Å². The number of rotatable bonds is 7. The first-order chi connectivity index (χ1) is 10.5. The minimum atomic E-state index is -3.56. The highest BCUT2D eigenvalue weighted by Crippen LogP contribution is 2.25. The fourth-order valence-electron chi connectivity index (χ4n) is 2.59. The van der Waals surface area contributed by atoms with Crippen molar-refractivity contribution in [1.82, 2.24) is 10.0 Å². The number of hydrogen-bond acceptors (Lipinski definition) is 5. The van der Waals surface area contributed by atoms with E-state index in [2.05, 4.69) is 10.0 Å². The van der Waals surface area contributed by atoms with E-state index in [1.54, 1.807) is 6.07 Å². The summed E-state index contributed by atoms with van der Waals surface area (Å²) in [5.41, 5.74) is 0. The molecule has 1 fully saturated rings. The molecule has 1 unspecified atom stereocenters. The molecule has 0 radical (unpaired) electrons. The van der Waals surface area contributed by atoms with Crippen molar-refractivity contribution in [1.29, 1.82) is 0 Å². The summed E-state index contributed by atoms with van der Waals surface area (Å²) in [6.45, 7) is 2.47. The Kier molecular flexibility index (Phi) is 8.11. The summed E-state index contributed by atoms with van der Waals surface area (Å²) < 4.78 is 37.6. The van der Waals surface area contributed by atoms with Gasteiger partial charge in [0, 0.05) is 24.7 Å². The van der Waals surface area contributed by atoms with Gasteiger partial charge in [-0.1, -0.05) is 0 Å². The lowest BCUT2D eigenvalue weighted by Gasteiger charge is -2.22. The van der Waals surface area contributed by atoms with Crippen molar-refractivity contribution in [2.45, 2.75) is 24.2 Å². The zero-order chi connectivity index (χ0) is 16.0. The van der Waals surface area contributed by atoms with Crippen molar-refractivity contribution < 1.29 is 17.9 Å². The van der Waals surface area contributed by atoms with E-state index in [0.29, 0.717) is 24.0 Å². The van der Waals surface area contributed by atoms with Gasteiger partial charge >= 0.3 is 0 Å². The summed E-state index contributed by atoms with van der Waals surface area (Å²) in [6.07, 6.45) is 3.15. The Balaban J connectivity index is 0.00000264. The van der Waals surface area contributed by atoms with Gasteiger partial charge in [0.05, 0.1) is 19.1 Å². The molecule has 1 aromatic rings. The SMILES string of the molecule is COc1cc(OC)cc(S(=O)(=O)NCCC2CCCNC2)c1.Cl. The lowest BCUT2D eigenvalue weighted by Crippen LogP contribution is -2.33. The van der Waals surface area contributed by atoms with Crippen LogP contribution < -0.4 is 19.5 Å². The largest absolute Gasteiger partial charge is 0.497 e. The van der Waals surface area contributed by atoms with E-state index < -0.39 is 10.0 Å². The van der Waals surface area contributed by atoms with Gasteiger partial charge in [-0.2, -0.15) is 0 Å². The molecule has 1 heterocycles. The monoisotopic (exact) mass is 364 g/mol. The summed E-state index contributed by atoms with van der Waals surface area (Å²) >= 11 is 0. The molecule has 2 rings (SSSR count). The van der Waals surface area contributed by atoms with Gasteiger partial charge in [0.15, 0.2) is 0 Å². The molecule has 0 saturated carbocycles. The lowest BCUT2D eigenvalue weighted by molar-refractivity contribution is 0.358. The zero-order valence-electron chi connectivity index (χ0n) is 13.5. The van der Waals surface area contributed by atoms with Gasteiger partial charge in [0.1, 0.15) is 11.5 Å². The molecule has 1 aromatic carbocycles. The average molecular weight is 365 g/mol. The van der Waals surface area contributed by atoms with E-state index in [9.17, 15) is 8.42 Å². The Labute approximate surface area is 144 Å². The fraction of sp³-hybridized carbons (Fsp3) is 0.600. The number of ether oxygens (including phenoxy) is 2. The lowest BCUT2D eigenvalue weighted by atomic mass is 9.96. The van der Waals surface area contributed by atoms with Gasteiger partial charge in [-0.15, -0.1) is 12.4 Å². The quantitative estimate of drug-likeness (QED) is 0.771. The molecule has 0 aliphatic carbocycles. The van der Waals surface area contributed by atoms with Crippen LogP contribution in [0.2, 0.25) is 0 Å². The van der Waals surface area contributed by atoms with Crippen molar-refractivity contribution >= 4 is 22.4 Å². The molecule has 1 saturated heterocycles. The maximum atomic E-state index is 12.4. The van der Waals surface area contributed by atoms with Gasteiger partial charge in [0.25, 0.3) is 0 Å². The highest BCUT2D eigenvalue weighted by atomic mass is 35.5. The molecule has 0 aromatic heterocycles. The maximum Gasteiger partial charge on any atom is 0.240 e. The van der Waals surface area contributed by atoms with Crippen LogP contribution in [-0.2, 0) is 10.0 Å². The Morgan fingerprint density at radius 2 is 1.87 bits per heavy atom. The number of benzene rings is 1. The topological polar surface area (TPSA) is 76.7 Å². The van der Waals surface area contributed by atoms with Gasteiger partial charge in [0.2, 0.25) is 10.0 Å². The Bertz CT molecular complexity index is 567. The molecule has 132 valence electrons. The van der Waals surface area contributed by atoms with Crippen LogP contribution in [0, 0.1) is 5.92 Å². The molecule has 1 atom stereocenters. The summed E-state index contributed by atoms with van der Waals surface area (Å²) in [5.74, 6) is 1.45. The summed E-state index contributed by atoms with van der Waals surface area (Å²) in [4.78, 5) is 0.158.